The first-order chi connectivity index (χ1) is 18.1. The van der Waals surface area contributed by atoms with Gasteiger partial charge in [0.2, 0.25) is 5.91 Å². The topological polar surface area (TPSA) is 114 Å². The number of aromatic amines is 1. The van der Waals surface area contributed by atoms with Crippen molar-refractivity contribution < 1.29 is 9.59 Å². The Bertz CT molecular complexity index is 1330. The maximum Gasteiger partial charge on any atom is 0.251 e. The van der Waals surface area contributed by atoms with Crippen LogP contribution in [0.1, 0.15) is 71.5 Å². The highest BCUT2D eigenvalue weighted by atomic mass is 16.2. The zero-order valence-corrected chi connectivity index (χ0v) is 20.6. The average Bonchev–Trinajstić information content (AvgIpc) is 3.64. The summed E-state index contributed by atoms with van der Waals surface area (Å²) in [5, 5.41) is 15.9. The molecule has 0 unspecified atom stereocenters. The van der Waals surface area contributed by atoms with Gasteiger partial charge in [-0.25, -0.2) is 4.98 Å². The van der Waals surface area contributed by atoms with Gasteiger partial charge in [0.05, 0.1) is 29.6 Å². The predicted octanol–water partition coefficient (Wildman–Crippen LogP) is 4.33. The van der Waals surface area contributed by atoms with Crippen LogP contribution in [0.2, 0.25) is 0 Å². The van der Waals surface area contributed by atoms with E-state index < -0.39 is 0 Å². The number of nitrogens with zero attached hydrogens (tertiary/aromatic N) is 3. The smallest absolute Gasteiger partial charge is 0.251 e. The minimum Gasteiger partial charge on any atom is -0.375 e. The molecule has 0 bridgehead atoms. The molecule has 3 aliphatic rings. The molecule has 1 aliphatic carbocycles. The predicted molar refractivity (Wildman–Crippen MR) is 138 cm³/mol. The molecule has 188 valence electrons. The van der Waals surface area contributed by atoms with Gasteiger partial charge in [0.15, 0.2) is 0 Å². The number of fused-ring (bicyclic) bond motifs is 3. The number of aromatic nitrogens is 2. The summed E-state index contributed by atoms with van der Waals surface area (Å²) in [4.78, 5) is 37.1. The minimum absolute atomic E-state index is 0.00550. The molecule has 2 aliphatic heterocycles. The van der Waals surface area contributed by atoms with E-state index in [1.807, 2.05) is 18.3 Å². The average molecular weight is 495 g/mol. The first-order valence-electron chi connectivity index (χ1n) is 13.1. The molecule has 0 spiro atoms. The molecule has 3 aromatic rings. The third-order valence-electron chi connectivity index (χ3n) is 8.24. The lowest BCUT2D eigenvalue weighted by atomic mass is 9.80. The summed E-state index contributed by atoms with van der Waals surface area (Å²) in [6.07, 6.45) is 8.02. The number of hydrogen-bond donors (Lipinski definition) is 3. The number of H-pyrrole nitrogens is 1. The minimum atomic E-state index is -0.251. The van der Waals surface area contributed by atoms with E-state index in [4.69, 9.17) is 5.26 Å². The summed E-state index contributed by atoms with van der Waals surface area (Å²) < 4.78 is 0. The number of imidazole rings is 1. The second-order valence-corrected chi connectivity index (χ2v) is 10.3. The lowest BCUT2D eigenvalue weighted by Gasteiger charge is -2.41. The van der Waals surface area contributed by atoms with Crippen molar-refractivity contribution in [2.45, 2.75) is 50.2 Å². The molecule has 3 N–H and O–H groups in total. The van der Waals surface area contributed by atoms with Crippen molar-refractivity contribution in [3.05, 3.63) is 83.4 Å². The SMILES string of the molecule is N#Cc1ccc(C(=O)N[C@@H]2CCCC[C@@H]2C(=O)N2CC[C@H]3[C@H](c4ncc[nH]4)Nc4ccccc4[C@@H]32)cc1. The van der Waals surface area contributed by atoms with Gasteiger partial charge < -0.3 is 20.5 Å². The largest absolute Gasteiger partial charge is 0.375 e. The molecule has 2 fully saturated rings. The maximum atomic E-state index is 14.2. The number of hydrogen-bond acceptors (Lipinski definition) is 5. The van der Waals surface area contributed by atoms with Crippen molar-refractivity contribution in [3.8, 4) is 6.07 Å². The molecule has 3 heterocycles. The number of rotatable bonds is 4. The molecular weight excluding hydrogens is 464 g/mol. The standard InChI is InChI=1S/C29H30N6O2/c30-17-18-9-11-19(12-10-18)28(36)34-24-8-4-2-6-21(24)29(37)35-16-13-22-25(27-31-14-15-32-27)33-23-7-3-1-5-20(23)26(22)35/h1,3,5,7,9-12,14-15,21-22,24-26,33H,2,4,6,8,13,16H2,(H,31,32)(H,34,36)/t21-,22-,24+,25+,26-/m0/s1. The van der Waals surface area contributed by atoms with Crippen molar-refractivity contribution in [1.29, 1.82) is 5.26 Å². The molecule has 37 heavy (non-hydrogen) atoms. The van der Waals surface area contributed by atoms with E-state index in [0.29, 0.717) is 17.7 Å². The number of carbonyl (C=O) groups is 2. The number of nitriles is 1. The quantitative estimate of drug-likeness (QED) is 0.500. The highest BCUT2D eigenvalue weighted by molar-refractivity contribution is 5.95. The summed E-state index contributed by atoms with van der Waals surface area (Å²) in [6.45, 7) is 0.689. The molecule has 5 atom stereocenters. The number of nitrogens with one attached hydrogen (secondary N) is 3. The summed E-state index contributed by atoms with van der Waals surface area (Å²) in [5.74, 6) is 0.786. The lowest BCUT2D eigenvalue weighted by Crippen LogP contribution is -2.50. The van der Waals surface area contributed by atoms with E-state index in [2.05, 4.69) is 43.7 Å². The summed E-state index contributed by atoms with van der Waals surface area (Å²) >= 11 is 0. The zero-order chi connectivity index (χ0) is 25.4. The first kappa shape index (κ1) is 23.3. The van der Waals surface area contributed by atoms with Crippen molar-refractivity contribution >= 4 is 17.5 Å². The lowest BCUT2D eigenvalue weighted by molar-refractivity contribution is -0.138. The van der Waals surface area contributed by atoms with Crippen LogP contribution < -0.4 is 10.6 Å². The number of amides is 2. The summed E-state index contributed by atoms with van der Waals surface area (Å²) in [5.41, 5.74) is 3.21. The molecule has 8 heteroatoms. The second-order valence-electron chi connectivity index (χ2n) is 10.3. The van der Waals surface area contributed by atoms with Gasteiger partial charge in [-0.1, -0.05) is 31.0 Å². The van der Waals surface area contributed by atoms with Gasteiger partial charge in [-0.2, -0.15) is 5.26 Å². The molecule has 1 saturated carbocycles. The number of para-hydroxylation sites is 1. The monoisotopic (exact) mass is 494 g/mol. The van der Waals surface area contributed by atoms with Crippen LogP contribution in [0, 0.1) is 23.2 Å². The van der Waals surface area contributed by atoms with Crippen molar-refractivity contribution in [3.63, 3.8) is 0 Å². The van der Waals surface area contributed by atoms with Crippen LogP contribution in [0.15, 0.2) is 60.9 Å². The Kier molecular flexibility index (Phi) is 6.13. The normalized spacial score (nSPS) is 26.4. The third-order valence-corrected chi connectivity index (χ3v) is 8.24. The van der Waals surface area contributed by atoms with E-state index in [1.165, 1.54) is 0 Å². The van der Waals surface area contributed by atoms with E-state index in [0.717, 1.165) is 49.2 Å². The summed E-state index contributed by atoms with van der Waals surface area (Å²) in [6, 6.07) is 16.7. The van der Waals surface area contributed by atoms with E-state index in [-0.39, 0.29) is 41.8 Å². The van der Waals surface area contributed by atoms with E-state index in [1.54, 1.807) is 30.5 Å². The second kappa shape index (κ2) is 9.74. The van der Waals surface area contributed by atoms with Crippen molar-refractivity contribution in [2.24, 2.45) is 11.8 Å². The third kappa shape index (κ3) is 4.25. The zero-order valence-electron chi connectivity index (χ0n) is 20.6. The molecule has 6 rings (SSSR count). The van der Waals surface area contributed by atoms with Crippen LogP contribution in [0.3, 0.4) is 0 Å². The van der Waals surface area contributed by atoms with Gasteiger partial charge in [0, 0.05) is 42.1 Å². The van der Waals surface area contributed by atoms with Crippen LogP contribution in [0.5, 0.6) is 0 Å². The van der Waals surface area contributed by atoms with E-state index >= 15 is 0 Å². The Balaban J connectivity index is 1.25. The molecule has 1 aromatic heterocycles. The molecular formula is C29H30N6O2. The Hall–Kier alpha value is -4.12. The Morgan fingerprint density at radius 1 is 1.05 bits per heavy atom. The van der Waals surface area contributed by atoms with Crippen LogP contribution in [0.4, 0.5) is 5.69 Å². The highest BCUT2D eigenvalue weighted by Crippen LogP contribution is 2.51. The number of carbonyl (C=O) groups excluding carboxylic acids is 2. The Labute approximate surface area is 216 Å². The van der Waals surface area contributed by atoms with Crippen LogP contribution in [-0.2, 0) is 4.79 Å². The number of benzene rings is 2. The van der Waals surface area contributed by atoms with Crippen molar-refractivity contribution in [2.75, 3.05) is 11.9 Å². The van der Waals surface area contributed by atoms with Crippen LogP contribution in [0.25, 0.3) is 0 Å². The van der Waals surface area contributed by atoms with Gasteiger partial charge in [-0.3, -0.25) is 9.59 Å². The Morgan fingerprint density at radius 3 is 2.65 bits per heavy atom. The van der Waals surface area contributed by atoms with Gasteiger partial charge in [0.25, 0.3) is 5.91 Å². The maximum absolute atomic E-state index is 14.2. The van der Waals surface area contributed by atoms with Gasteiger partial charge in [-0.15, -0.1) is 0 Å². The highest BCUT2D eigenvalue weighted by Gasteiger charge is 2.49. The number of anilines is 1. The molecule has 8 nitrogen and oxygen atoms in total. The fourth-order valence-corrected chi connectivity index (χ4v) is 6.45. The number of likely N-dealkylation sites (tertiary alicyclic amines) is 1. The molecule has 0 radical (unpaired) electrons. The van der Waals surface area contributed by atoms with Gasteiger partial charge in [-0.05, 0) is 55.2 Å². The van der Waals surface area contributed by atoms with Gasteiger partial charge in [0.1, 0.15) is 5.82 Å². The first-order valence-corrected chi connectivity index (χ1v) is 13.1. The van der Waals surface area contributed by atoms with Crippen molar-refractivity contribution in [1.82, 2.24) is 20.2 Å². The van der Waals surface area contributed by atoms with Crippen LogP contribution in [-0.4, -0.2) is 39.3 Å². The molecule has 2 aromatic carbocycles. The van der Waals surface area contributed by atoms with Gasteiger partial charge >= 0.3 is 0 Å². The molecule has 2 amide bonds. The molecule has 1 saturated heterocycles. The summed E-state index contributed by atoms with van der Waals surface area (Å²) in [7, 11) is 0. The van der Waals surface area contributed by atoms with E-state index in [9.17, 15) is 9.59 Å². The van der Waals surface area contributed by atoms with Crippen LogP contribution >= 0.6 is 0 Å². The fraction of sp³-hybridized carbons (Fsp3) is 0.379. The fourth-order valence-electron chi connectivity index (χ4n) is 6.45. The Morgan fingerprint density at radius 2 is 1.86 bits per heavy atom.